The summed E-state index contributed by atoms with van der Waals surface area (Å²) < 4.78 is 10.9. The van der Waals surface area contributed by atoms with Gasteiger partial charge in [-0.2, -0.15) is 0 Å². The molecule has 0 saturated carbocycles. The third-order valence-corrected chi connectivity index (χ3v) is 2.23. The van der Waals surface area contributed by atoms with Gasteiger partial charge in [0.25, 0.3) is 0 Å². The summed E-state index contributed by atoms with van der Waals surface area (Å²) in [7, 11) is 0. The van der Waals surface area contributed by atoms with E-state index in [0.717, 1.165) is 0 Å². The van der Waals surface area contributed by atoms with Crippen LogP contribution in [0.25, 0.3) is 0 Å². The molecule has 0 saturated heterocycles. The van der Waals surface area contributed by atoms with Crippen molar-refractivity contribution in [1.29, 1.82) is 0 Å². The van der Waals surface area contributed by atoms with Crippen molar-refractivity contribution in [2.24, 2.45) is 0 Å². The maximum atomic E-state index is 5.46. The summed E-state index contributed by atoms with van der Waals surface area (Å²) >= 11 is 0. The molecule has 0 fully saturated rings. The Bertz CT molecular complexity index is 346. The zero-order valence-electron chi connectivity index (χ0n) is 11.9. The Balaban J connectivity index is 2.34. The number of rotatable bonds is 7. The Morgan fingerprint density at radius 2 is 2.06 bits per heavy atom. The second-order valence-corrected chi connectivity index (χ2v) is 5.25. The number of nitrogens with zero attached hydrogens (tertiary/aromatic N) is 2. The van der Waals surface area contributed by atoms with E-state index >= 15 is 0 Å². The number of aromatic nitrogens is 2. The van der Waals surface area contributed by atoms with Crippen molar-refractivity contribution in [3.8, 4) is 0 Å². The van der Waals surface area contributed by atoms with E-state index in [9.17, 15) is 0 Å². The molecule has 1 aromatic rings. The summed E-state index contributed by atoms with van der Waals surface area (Å²) in [5, 5.41) is 14.2. The third kappa shape index (κ3) is 5.97. The first kappa shape index (κ1) is 14.9. The Labute approximate surface area is 108 Å². The number of anilines is 1. The van der Waals surface area contributed by atoms with Crippen molar-refractivity contribution in [1.82, 2.24) is 15.5 Å². The van der Waals surface area contributed by atoms with Gasteiger partial charge in [-0.25, -0.2) is 0 Å². The lowest BCUT2D eigenvalue weighted by atomic mass is 10.1. The van der Waals surface area contributed by atoms with Gasteiger partial charge >= 0.3 is 6.01 Å². The summed E-state index contributed by atoms with van der Waals surface area (Å²) in [6.45, 7) is 12.2. The van der Waals surface area contributed by atoms with Crippen LogP contribution in [0.2, 0.25) is 0 Å². The molecule has 0 aliphatic heterocycles. The van der Waals surface area contributed by atoms with E-state index in [-0.39, 0.29) is 11.6 Å². The molecule has 1 unspecified atom stereocenters. The first-order valence-corrected chi connectivity index (χ1v) is 6.33. The predicted molar refractivity (Wildman–Crippen MR) is 70.5 cm³/mol. The molecule has 0 aliphatic carbocycles. The zero-order valence-corrected chi connectivity index (χ0v) is 11.9. The van der Waals surface area contributed by atoms with Crippen molar-refractivity contribution in [3.63, 3.8) is 0 Å². The zero-order chi connectivity index (χ0) is 13.6. The van der Waals surface area contributed by atoms with E-state index in [1.807, 2.05) is 13.8 Å². The molecule has 1 rings (SSSR count). The van der Waals surface area contributed by atoms with Gasteiger partial charge in [0.05, 0.1) is 12.6 Å². The molecule has 0 bridgehead atoms. The average molecular weight is 256 g/mol. The van der Waals surface area contributed by atoms with Gasteiger partial charge in [-0.3, -0.25) is 0 Å². The fourth-order valence-corrected chi connectivity index (χ4v) is 1.31. The van der Waals surface area contributed by atoms with Crippen molar-refractivity contribution < 1.29 is 9.15 Å². The number of nitrogens with one attached hydrogen (secondary N) is 2. The topological polar surface area (TPSA) is 72.2 Å². The Hall–Kier alpha value is -1.14. The molecule has 2 N–H and O–H groups in total. The molecule has 0 aliphatic rings. The van der Waals surface area contributed by atoms with Gasteiger partial charge < -0.3 is 19.8 Å². The fraction of sp³-hybridized carbons (Fsp3) is 0.833. The second-order valence-electron chi connectivity index (χ2n) is 5.25. The first-order valence-electron chi connectivity index (χ1n) is 6.33. The van der Waals surface area contributed by atoms with Gasteiger partial charge in [0.15, 0.2) is 0 Å². The van der Waals surface area contributed by atoms with Crippen LogP contribution in [0.5, 0.6) is 0 Å². The minimum Gasteiger partial charge on any atom is -0.407 e. The maximum Gasteiger partial charge on any atom is 0.315 e. The normalized spacial score (nSPS) is 13.6. The first-order chi connectivity index (χ1) is 8.40. The lowest BCUT2D eigenvalue weighted by Crippen LogP contribution is -2.35. The van der Waals surface area contributed by atoms with E-state index in [1.165, 1.54) is 0 Å². The Morgan fingerprint density at radius 1 is 1.33 bits per heavy atom. The molecule has 104 valence electrons. The van der Waals surface area contributed by atoms with Gasteiger partial charge in [0.1, 0.15) is 0 Å². The van der Waals surface area contributed by atoms with Crippen LogP contribution in [-0.2, 0) is 11.3 Å². The number of hydrogen-bond acceptors (Lipinski definition) is 6. The molecule has 0 aromatic carbocycles. The largest absolute Gasteiger partial charge is 0.407 e. The number of ether oxygens (including phenoxy) is 1. The molecule has 6 nitrogen and oxygen atoms in total. The summed E-state index contributed by atoms with van der Waals surface area (Å²) in [6.07, 6.45) is 0.123. The molecular formula is C12H24N4O2. The molecule has 6 heteroatoms. The molecule has 0 radical (unpaired) electrons. The summed E-state index contributed by atoms with van der Waals surface area (Å²) in [5.74, 6) is 0.580. The fourth-order valence-electron chi connectivity index (χ4n) is 1.31. The van der Waals surface area contributed by atoms with Crippen molar-refractivity contribution in [2.75, 3.05) is 18.5 Å². The van der Waals surface area contributed by atoms with Crippen LogP contribution in [0.1, 0.15) is 40.5 Å². The molecular weight excluding hydrogens is 232 g/mol. The lowest BCUT2D eigenvalue weighted by molar-refractivity contribution is 0.0851. The van der Waals surface area contributed by atoms with Crippen LogP contribution in [0.3, 0.4) is 0 Å². The van der Waals surface area contributed by atoms with Crippen molar-refractivity contribution in [3.05, 3.63) is 5.89 Å². The van der Waals surface area contributed by atoms with Gasteiger partial charge in [0.2, 0.25) is 5.89 Å². The van der Waals surface area contributed by atoms with E-state index < -0.39 is 0 Å². The van der Waals surface area contributed by atoms with Crippen LogP contribution in [0.15, 0.2) is 4.42 Å². The van der Waals surface area contributed by atoms with Gasteiger partial charge in [0, 0.05) is 18.7 Å². The van der Waals surface area contributed by atoms with Crippen LogP contribution in [0.4, 0.5) is 6.01 Å². The van der Waals surface area contributed by atoms with Crippen LogP contribution in [0, 0.1) is 0 Å². The van der Waals surface area contributed by atoms with Crippen LogP contribution >= 0.6 is 0 Å². The standard InChI is InChI=1S/C12H24N4O2/c1-6-17-9(2)7-13-11-16-15-10(18-11)8-14-12(3,4)5/h9,14H,6-8H2,1-5H3,(H,13,16). The van der Waals surface area contributed by atoms with Crippen molar-refractivity contribution in [2.45, 2.75) is 52.8 Å². The minimum absolute atomic E-state index is 0.0333. The van der Waals surface area contributed by atoms with Crippen LogP contribution in [-0.4, -0.2) is 35.0 Å². The van der Waals surface area contributed by atoms with Crippen LogP contribution < -0.4 is 10.6 Å². The molecule has 0 spiro atoms. The molecule has 1 atom stereocenters. The van der Waals surface area contributed by atoms with E-state index in [1.54, 1.807) is 0 Å². The Kier molecular flexibility index (Phi) is 5.55. The summed E-state index contributed by atoms with van der Waals surface area (Å²) in [4.78, 5) is 0. The minimum atomic E-state index is 0.0333. The monoisotopic (exact) mass is 256 g/mol. The average Bonchev–Trinajstić information content (AvgIpc) is 2.71. The highest BCUT2D eigenvalue weighted by Crippen LogP contribution is 2.07. The highest BCUT2D eigenvalue weighted by atomic mass is 16.5. The Morgan fingerprint density at radius 3 is 2.67 bits per heavy atom. The van der Waals surface area contributed by atoms with E-state index in [0.29, 0.717) is 31.6 Å². The maximum absolute atomic E-state index is 5.46. The third-order valence-electron chi connectivity index (χ3n) is 2.23. The quantitative estimate of drug-likeness (QED) is 0.775. The molecule has 18 heavy (non-hydrogen) atoms. The second kappa shape index (κ2) is 6.70. The summed E-state index contributed by atoms with van der Waals surface area (Å²) in [6, 6.07) is 0.437. The van der Waals surface area contributed by atoms with E-state index in [2.05, 4.69) is 41.6 Å². The molecule has 1 heterocycles. The number of hydrogen-bond donors (Lipinski definition) is 2. The molecule has 1 aromatic heterocycles. The van der Waals surface area contributed by atoms with E-state index in [4.69, 9.17) is 9.15 Å². The smallest absolute Gasteiger partial charge is 0.315 e. The van der Waals surface area contributed by atoms with Crippen molar-refractivity contribution >= 4 is 6.01 Å². The van der Waals surface area contributed by atoms with Gasteiger partial charge in [-0.05, 0) is 34.6 Å². The SMILES string of the molecule is CCOC(C)CNc1nnc(CNC(C)(C)C)o1. The highest BCUT2D eigenvalue weighted by Gasteiger charge is 2.12. The highest BCUT2D eigenvalue weighted by molar-refractivity contribution is 5.16. The van der Waals surface area contributed by atoms with Gasteiger partial charge in [-0.1, -0.05) is 5.10 Å². The van der Waals surface area contributed by atoms with Gasteiger partial charge in [-0.15, -0.1) is 5.10 Å². The predicted octanol–water partition coefficient (Wildman–Crippen LogP) is 1.79. The summed E-state index contributed by atoms with van der Waals surface area (Å²) in [5.41, 5.74) is 0.0333. The lowest BCUT2D eigenvalue weighted by Gasteiger charge is -2.18. The molecule has 0 amide bonds.